The number of carbonyl (C=O) groups is 1. The molecule has 0 bridgehead atoms. The van der Waals surface area contributed by atoms with E-state index in [1.165, 1.54) is 0 Å². The summed E-state index contributed by atoms with van der Waals surface area (Å²) in [7, 11) is 0. The van der Waals surface area contributed by atoms with Gasteiger partial charge in [0.25, 0.3) is 5.91 Å². The molecule has 1 amide bonds. The number of pyridine rings is 1. The van der Waals surface area contributed by atoms with Crippen LogP contribution in [0.2, 0.25) is 0 Å². The molecule has 33 heavy (non-hydrogen) atoms. The molecule has 0 unspecified atom stereocenters. The standard InChI is InChI=1S/C28H27N3O2/c32-27(25-10-5-16-29-19-25)20-30-17-15-21-11-13-26(14-12-21)31-28(33)24-9-4-8-23(18-24)22-6-2-1-3-7-22/h1-14,16,18-19,27,30,32H,15,17,20H2,(H,31,33)/t27-/m0/s1. The summed E-state index contributed by atoms with van der Waals surface area (Å²) in [6.45, 7) is 1.22. The molecule has 1 aromatic heterocycles. The first-order valence-corrected chi connectivity index (χ1v) is 11.0. The fraction of sp³-hybridized carbons (Fsp3) is 0.143. The van der Waals surface area contributed by atoms with Gasteiger partial charge in [-0.1, -0.05) is 60.7 Å². The third kappa shape index (κ3) is 6.35. The van der Waals surface area contributed by atoms with Crippen LogP contribution in [0.5, 0.6) is 0 Å². The molecule has 0 spiro atoms. The fourth-order valence-corrected chi connectivity index (χ4v) is 3.59. The summed E-state index contributed by atoms with van der Waals surface area (Å²) in [5.74, 6) is -0.133. The number of nitrogens with zero attached hydrogens (tertiary/aromatic N) is 1. The lowest BCUT2D eigenvalue weighted by Crippen LogP contribution is -2.23. The van der Waals surface area contributed by atoms with E-state index >= 15 is 0 Å². The minimum atomic E-state index is -0.573. The van der Waals surface area contributed by atoms with Crippen LogP contribution < -0.4 is 10.6 Å². The lowest BCUT2D eigenvalue weighted by molar-refractivity contribution is 0.102. The second-order valence-corrected chi connectivity index (χ2v) is 7.85. The molecule has 1 heterocycles. The van der Waals surface area contributed by atoms with Crippen LogP contribution in [0.15, 0.2) is 103 Å². The van der Waals surface area contributed by atoms with E-state index < -0.39 is 6.10 Å². The Morgan fingerprint density at radius 3 is 2.42 bits per heavy atom. The van der Waals surface area contributed by atoms with Crippen molar-refractivity contribution < 1.29 is 9.90 Å². The maximum Gasteiger partial charge on any atom is 0.255 e. The summed E-state index contributed by atoms with van der Waals surface area (Å²) in [5.41, 5.74) is 5.44. The largest absolute Gasteiger partial charge is 0.387 e. The average Bonchev–Trinajstić information content (AvgIpc) is 2.88. The molecule has 1 atom stereocenters. The first-order valence-electron chi connectivity index (χ1n) is 11.0. The van der Waals surface area contributed by atoms with Crippen LogP contribution in [0.1, 0.15) is 27.6 Å². The van der Waals surface area contributed by atoms with Crippen LogP contribution in [0.4, 0.5) is 5.69 Å². The van der Waals surface area contributed by atoms with E-state index in [9.17, 15) is 9.90 Å². The van der Waals surface area contributed by atoms with Gasteiger partial charge in [0.05, 0.1) is 6.10 Å². The molecule has 0 saturated heterocycles. The predicted molar refractivity (Wildman–Crippen MR) is 132 cm³/mol. The highest BCUT2D eigenvalue weighted by molar-refractivity contribution is 6.04. The minimum Gasteiger partial charge on any atom is -0.387 e. The monoisotopic (exact) mass is 437 g/mol. The van der Waals surface area contributed by atoms with Gasteiger partial charge in [0.15, 0.2) is 0 Å². The van der Waals surface area contributed by atoms with Crippen LogP contribution >= 0.6 is 0 Å². The second-order valence-electron chi connectivity index (χ2n) is 7.85. The molecule has 4 aromatic rings. The summed E-state index contributed by atoms with van der Waals surface area (Å²) in [6, 6.07) is 29.2. The highest BCUT2D eigenvalue weighted by Crippen LogP contribution is 2.21. The van der Waals surface area contributed by atoms with Gasteiger partial charge < -0.3 is 15.7 Å². The Kier molecular flexibility index (Phi) is 7.59. The van der Waals surface area contributed by atoms with Crippen molar-refractivity contribution in [3.05, 3.63) is 120 Å². The van der Waals surface area contributed by atoms with E-state index in [-0.39, 0.29) is 5.91 Å². The molecular weight excluding hydrogens is 410 g/mol. The maximum absolute atomic E-state index is 12.7. The molecule has 0 aliphatic heterocycles. The average molecular weight is 438 g/mol. The minimum absolute atomic E-state index is 0.133. The van der Waals surface area contributed by atoms with Gasteiger partial charge >= 0.3 is 0 Å². The molecule has 0 fully saturated rings. The van der Waals surface area contributed by atoms with Crippen molar-refractivity contribution in [2.24, 2.45) is 0 Å². The lowest BCUT2D eigenvalue weighted by atomic mass is 10.0. The molecule has 0 aliphatic rings. The highest BCUT2D eigenvalue weighted by Gasteiger charge is 2.09. The smallest absolute Gasteiger partial charge is 0.255 e. The van der Waals surface area contributed by atoms with Gasteiger partial charge in [-0.2, -0.15) is 0 Å². The third-order valence-corrected chi connectivity index (χ3v) is 5.44. The molecule has 4 rings (SSSR count). The lowest BCUT2D eigenvalue weighted by Gasteiger charge is -2.12. The van der Waals surface area contributed by atoms with E-state index in [4.69, 9.17) is 0 Å². The van der Waals surface area contributed by atoms with Gasteiger partial charge in [0, 0.05) is 35.8 Å². The van der Waals surface area contributed by atoms with Crippen LogP contribution in [-0.4, -0.2) is 29.1 Å². The van der Waals surface area contributed by atoms with Crippen molar-refractivity contribution in [3.8, 4) is 11.1 Å². The normalized spacial score (nSPS) is 11.7. The molecule has 5 nitrogen and oxygen atoms in total. The Hall–Kier alpha value is -3.80. The van der Waals surface area contributed by atoms with Gasteiger partial charge in [0.2, 0.25) is 0 Å². The number of anilines is 1. The van der Waals surface area contributed by atoms with Gasteiger partial charge in [0.1, 0.15) is 0 Å². The van der Waals surface area contributed by atoms with Gasteiger partial charge in [-0.15, -0.1) is 0 Å². The molecule has 166 valence electrons. The second kappa shape index (κ2) is 11.2. The summed E-state index contributed by atoms with van der Waals surface area (Å²) in [5, 5.41) is 16.4. The summed E-state index contributed by atoms with van der Waals surface area (Å²) >= 11 is 0. The van der Waals surface area contributed by atoms with E-state index in [1.807, 2.05) is 91.0 Å². The van der Waals surface area contributed by atoms with Crippen molar-refractivity contribution in [1.29, 1.82) is 0 Å². The number of hydrogen-bond acceptors (Lipinski definition) is 4. The van der Waals surface area contributed by atoms with Crippen molar-refractivity contribution in [2.45, 2.75) is 12.5 Å². The summed E-state index contributed by atoms with van der Waals surface area (Å²) in [4.78, 5) is 16.8. The van der Waals surface area contributed by atoms with Crippen LogP contribution in [-0.2, 0) is 6.42 Å². The van der Waals surface area contributed by atoms with Crippen molar-refractivity contribution >= 4 is 11.6 Å². The van der Waals surface area contributed by atoms with Crippen molar-refractivity contribution in [2.75, 3.05) is 18.4 Å². The van der Waals surface area contributed by atoms with Gasteiger partial charge in [-0.25, -0.2) is 0 Å². The zero-order valence-corrected chi connectivity index (χ0v) is 18.3. The Balaban J connectivity index is 1.27. The number of amides is 1. The topological polar surface area (TPSA) is 74.2 Å². The number of benzene rings is 3. The Labute approximate surface area is 194 Å². The van der Waals surface area contributed by atoms with Crippen LogP contribution in [0.25, 0.3) is 11.1 Å². The first kappa shape index (κ1) is 22.4. The molecule has 5 heteroatoms. The number of aliphatic hydroxyl groups excluding tert-OH is 1. The number of aliphatic hydroxyl groups is 1. The van der Waals surface area contributed by atoms with E-state index in [1.54, 1.807) is 12.4 Å². The maximum atomic E-state index is 12.7. The SMILES string of the molecule is O=C(Nc1ccc(CCNC[C@H](O)c2cccnc2)cc1)c1cccc(-c2ccccc2)c1. The van der Waals surface area contributed by atoms with Crippen LogP contribution in [0.3, 0.4) is 0 Å². The van der Waals surface area contributed by atoms with Gasteiger partial charge in [-0.3, -0.25) is 9.78 Å². The van der Waals surface area contributed by atoms with E-state index in [0.29, 0.717) is 12.1 Å². The Bertz CT molecular complexity index is 1160. The quantitative estimate of drug-likeness (QED) is 0.327. The molecule has 0 radical (unpaired) electrons. The van der Waals surface area contributed by atoms with Crippen molar-refractivity contribution in [1.82, 2.24) is 10.3 Å². The van der Waals surface area contributed by atoms with E-state index in [2.05, 4.69) is 15.6 Å². The number of nitrogens with one attached hydrogen (secondary N) is 2. The van der Waals surface area contributed by atoms with E-state index in [0.717, 1.165) is 40.9 Å². The number of aromatic nitrogens is 1. The van der Waals surface area contributed by atoms with Gasteiger partial charge in [-0.05, 0) is 60.0 Å². The highest BCUT2D eigenvalue weighted by atomic mass is 16.3. The summed E-state index contributed by atoms with van der Waals surface area (Å²) < 4.78 is 0. The number of rotatable bonds is 9. The first-order chi connectivity index (χ1) is 16.2. The zero-order valence-electron chi connectivity index (χ0n) is 18.3. The molecule has 3 N–H and O–H groups in total. The number of hydrogen-bond donors (Lipinski definition) is 3. The number of carbonyl (C=O) groups excluding carboxylic acids is 1. The molecule has 0 saturated carbocycles. The van der Waals surface area contributed by atoms with Crippen LogP contribution in [0, 0.1) is 0 Å². The Morgan fingerprint density at radius 2 is 1.67 bits per heavy atom. The molecular formula is C28H27N3O2. The molecule has 3 aromatic carbocycles. The Morgan fingerprint density at radius 1 is 0.879 bits per heavy atom. The zero-order chi connectivity index (χ0) is 22.9. The van der Waals surface area contributed by atoms with Crippen molar-refractivity contribution in [3.63, 3.8) is 0 Å². The molecule has 0 aliphatic carbocycles. The predicted octanol–water partition coefficient (Wildman–Crippen LogP) is 4.87. The summed E-state index contributed by atoms with van der Waals surface area (Å²) in [6.07, 6.45) is 3.62. The third-order valence-electron chi connectivity index (χ3n) is 5.44. The fourth-order valence-electron chi connectivity index (χ4n) is 3.59.